The van der Waals surface area contributed by atoms with Crippen LogP contribution in [0.25, 0.3) is 0 Å². The Bertz CT molecular complexity index is 1200. The molecule has 0 unspecified atom stereocenters. The number of likely N-dealkylation sites (tertiary alicyclic amines) is 1. The molecule has 3 aliphatic rings. The van der Waals surface area contributed by atoms with Gasteiger partial charge in [-0.3, -0.25) is 29.4 Å². The van der Waals surface area contributed by atoms with Crippen molar-refractivity contribution >= 4 is 40.9 Å². The third-order valence-corrected chi connectivity index (χ3v) is 7.20. The summed E-state index contributed by atoms with van der Waals surface area (Å²) < 4.78 is 0. The number of benzene rings is 2. The van der Waals surface area contributed by atoms with E-state index in [9.17, 15) is 19.2 Å². The van der Waals surface area contributed by atoms with Gasteiger partial charge >= 0.3 is 0 Å². The normalized spacial score (nSPS) is 27.8. The van der Waals surface area contributed by atoms with Gasteiger partial charge in [-0.2, -0.15) is 0 Å². The molecule has 4 N–H and O–H groups in total. The monoisotopic (exact) mass is 466 g/mol. The number of rotatable bonds is 5. The average molecular weight is 467 g/mol. The Morgan fingerprint density at radius 1 is 1.15 bits per heavy atom. The van der Waals surface area contributed by atoms with E-state index in [2.05, 4.69) is 10.6 Å². The van der Waals surface area contributed by atoms with Crippen LogP contribution in [0.1, 0.15) is 23.1 Å². The predicted molar refractivity (Wildman–Crippen MR) is 121 cm³/mol. The van der Waals surface area contributed by atoms with Gasteiger partial charge in [0.25, 0.3) is 0 Å². The molecule has 4 atom stereocenters. The molecule has 170 valence electrons. The van der Waals surface area contributed by atoms with E-state index in [0.29, 0.717) is 22.7 Å². The minimum atomic E-state index is -1.50. The van der Waals surface area contributed by atoms with Crippen LogP contribution in [0.3, 0.4) is 0 Å². The van der Waals surface area contributed by atoms with Gasteiger partial charge in [-0.05, 0) is 30.5 Å². The van der Waals surface area contributed by atoms with Crippen molar-refractivity contribution in [3.05, 3.63) is 64.2 Å². The highest BCUT2D eigenvalue weighted by Gasteiger charge is 2.70. The number of carbonyl (C=O) groups excluding carboxylic acids is 4. The van der Waals surface area contributed by atoms with E-state index < -0.39 is 47.0 Å². The van der Waals surface area contributed by atoms with E-state index in [1.807, 2.05) is 37.3 Å². The number of nitrogens with one attached hydrogen (secondary N) is 2. The highest BCUT2D eigenvalue weighted by molar-refractivity contribution is 6.35. The van der Waals surface area contributed by atoms with Crippen LogP contribution < -0.4 is 16.4 Å². The third-order valence-electron chi connectivity index (χ3n) is 6.90. The minimum Gasteiger partial charge on any atom is -0.370 e. The Labute approximate surface area is 195 Å². The van der Waals surface area contributed by atoms with E-state index in [-0.39, 0.29) is 13.0 Å². The van der Waals surface area contributed by atoms with E-state index in [0.717, 1.165) is 11.1 Å². The number of carbonyl (C=O) groups is 4. The average Bonchev–Trinajstić information content (AvgIpc) is 3.33. The molecule has 0 radical (unpaired) electrons. The molecular formula is C24H23ClN4O4. The van der Waals surface area contributed by atoms with Crippen LogP contribution >= 0.6 is 11.6 Å². The molecule has 0 aliphatic carbocycles. The largest absolute Gasteiger partial charge is 0.370 e. The molecule has 8 nitrogen and oxygen atoms in total. The van der Waals surface area contributed by atoms with E-state index >= 15 is 0 Å². The lowest BCUT2D eigenvalue weighted by Crippen LogP contribution is -2.53. The lowest BCUT2D eigenvalue weighted by molar-refractivity contribution is -0.142. The molecule has 0 bridgehead atoms. The second-order valence-corrected chi connectivity index (χ2v) is 9.33. The maximum Gasteiger partial charge on any atom is 0.250 e. The zero-order chi connectivity index (χ0) is 23.5. The number of nitrogens with zero attached hydrogens (tertiary/aromatic N) is 1. The molecule has 9 heteroatoms. The molecule has 3 heterocycles. The second-order valence-electron chi connectivity index (χ2n) is 8.92. The van der Waals surface area contributed by atoms with Gasteiger partial charge in [-0.1, -0.05) is 48.0 Å². The van der Waals surface area contributed by atoms with Crippen LogP contribution in [-0.4, -0.2) is 41.1 Å². The fourth-order valence-corrected chi connectivity index (χ4v) is 5.87. The van der Waals surface area contributed by atoms with Gasteiger partial charge in [0.05, 0.1) is 22.5 Å². The van der Waals surface area contributed by atoms with Crippen LogP contribution in [0.2, 0.25) is 5.02 Å². The fourth-order valence-electron chi connectivity index (χ4n) is 5.55. The van der Waals surface area contributed by atoms with Gasteiger partial charge in [0.2, 0.25) is 23.6 Å². The number of halogens is 1. The second kappa shape index (κ2) is 7.67. The summed E-state index contributed by atoms with van der Waals surface area (Å²) in [4.78, 5) is 53.6. The number of amides is 4. The number of nitrogens with two attached hydrogens (primary N) is 1. The third kappa shape index (κ3) is 3.16. The van der Waals surface area contributed by atoms with Crippen LogP contribution in [0, 0.1) is 18.8 Å². The first-order valence-corrected chi connectivity index (χ1v) is 11.2. The van der Waals surface area contributed by atoms with E-state index in [1.54, 1.807) is 12.1 Å². The van der Waals surface area contributed by atoms with Crippen LogP contribution in [0.15, 0.2) is 42.5 Å². The van der Waals surface area contributed by atoms with Crippen molar-refractivity contribution in [1.29, 1.82) is 0 Å². The van der Waals surface area contributed by atoms with Crippen molar-refractivity contribution in [3.63, 3.8) is 0 Å². The summed E-state index contributed by atoms with van der Waals surface area (Å²) in [6.45, 7) is 2.03. The van der Waals surface area contributed by atoms with E-state index in [1.165, 1.54) is 4.90 Å². The van der Waals surface area contributed by atoms with Gasteiger partial charge in [0.1, 0.15) is 5.54 Å². The zero-order valence-corrected chi connectivity index (χ0v) is 18.7. The first kappa shape index (κ1) is 21.6. The Morgan fingerprint density at radius 2 is 1.88 bits per heavy atom. The number of primary amides is 1. The number of anilines is 1. The molecule has 1 spiro atoms. The maximum atomic E-state index is 13.7. The van der Waals surface area contributed by atoms with Crippen molar-refractivity contribution in [2.24, 2.45) is 17.6 Å². The summed E-state index contributed by atoms with van der Waals surface area (Å²) in [6.07, 6.45) is 0.322. The standard InChI is InChI=1S/C24H23ClN4O4/c1-12-9-14-20(15(25)10-12)27-23(33)24(14)19-18(16(28-24)11-17(26)30)21(31)29(22(19)32)8-7-13-5-3-2-4-6-13/h2-6,9-10,16,18-19,28H,7-8,11H2,1H3,(H2,26,30)(H,27,33)/t16-,18-,19-,24+/m1/s1. The SMILES string of the molecule is Cc1cc(Cl)c2c(c1)[C@@]1(N[C@H](CC(N)=O)[C@H]3C(=O)N(CCc4ccccc4)C(=O)[C@@H]31)C(=O)N2. The van der Waals surface area contributed by atoms with Crippen LogP contribution in [-0.2, 0) is 31.1 Å². The minimum absolute atomic E-state index is 0.170. The molecule has 33 heavy (non-hydrogen) atoms. The van der Waals surface area contributed by atoms with Gasteiger partial charge < -0.3 is 11.1 Å². The van der Waals surface area contributed by atoms with Crippen molar-refractivity contribution in [2.75, 3.05) is 11.9 Å². The number of hydrogen-bond donors (Lipinski definition) is 3. The predicted octanol–water partition coefficient (Wildman–Crippen LogP) is 1.49. The van der Waals surface area contributed by atoms with Crippen molar-refractivity contribution in [2.45, 2.75) is 31.3 Å². The number of hydrogen-bond acceptors (Lipinski definition) is 5. The van der Waals surface area contributed by atoms with Gasteiger partial charge in [-0.15, -0.1) is 0 Å². The summed E-state index contributed by atoms with van der Waals surface area (Å²) >= 11 is 6.40. The summed E-state index contributed by atoms with van der Waals surface area (Å²) in [7, 11) is 0. The van der Waals surface area contributed by atoms with Crippen molar-refractivity contribution < 1.29 is 19.2 Å². The molecule has 0 aromatic heterocycles. The van der Waals surface area contributed by atoms with Crippen molar-refractivity contribution in [1.82, 2.24) is 10.2 Å². The molecule has 2 fully saturated rings. The fraction of sp³-hybridized carbons (Fsp3) is 0.333. The quantitative estimate of drug-likeness (QED) is 0.576. The Morgan fingerprint density at radius 3 is 2.58 bits per heavy atom. The molecule has 0 saturated carbocycles. The first-order valence-electron chi connectivity index (χ1n) is 10.8. The Balaban J connectivity index is 1.57. The molecular weight excluding hydrogens is 444 g/mol. The highest BCUT2D eigenvalue weighted by atomic mass is 35.5. The number of imide groups is 1. The lowest BCUT2D eigenvalue weighted by Gasteiger charge is -2.29. The molecule has 2 saturated heterocycles. The smallest absolute Gasteiger partial charge is 0.250 e. The lowest BCUT2D eigenvalue weighted by atomic mass is 9.76. The Kier molecular flexibility index (Phi) is 5.02. The highest BCUT2D eigenvalue weighted by Crippen LogP contribution is 2.54. The Hall–Kier alpha value is -3.23. The van der Waals surface area contributed by atoms with Gasteiger partial charge in [0.15, 0.2) is 0 Å². The van der Waals surface area contributed by atoms with Crippen LogP contribution in [0.4, 0.5) is 5.69 Å². The molecule has 4 amide bonds. The topological polar surface area (TPSA) is 122 Å². The first-order chi connectivity index (χ1) is 15.7. The number of fused-ring (bicyclic) bond motifs is 4. The van der Waals surface area contributed by atoms with E-state index in [4.69, 9.17) is 17.3 Å². The maximum absolute atomic E-state index is 13.7. The summed E-state index contributed by atoms with van der Waals surface area (Å²) in [5, 5.41) is 6.32. The molecule has 2 aromatic rings. The molecule has 5 rings (SSSR count). The van der Waals surface area contributed by atoms with Gasteiger partial charge in [-0.25, -0.2) is 0 Å². The summed E-state index contributed by atoms with van der Waals surface area (Å²) in [5.74, 6) is -3.77. The summed E-state index contributed by atoms with van der Waals surface area (Å²) in [5.41, 5.74) is 6.70. The van der Waals surface area contributed by atoms with Crippen molar-refractivity contribution in [3.8, 4) is 0 Å². The zero-order valence-electron chi connectivity index (χ0n) is 17.9. The van der Waals surface area contributed by atoms with Crippen LogP contribution in [0.5, 0.6) is 0 Å². The van der Waals surface area contributed by atoms with Gasteiger partial charge in [0, 0.05) is 24.6 Å². The molecule has 3 aliphatic heterocycles. The molecule has 2 aromatic carbocycles. The summed E-state index contributed by atoms with van der Waals surface area (Å²) in [6, 6.07) is 12.3. The number of aryl methyl sites for hydroxylation is 1.